The van der Waals surface area contributed by atoms with Gasteiger partial charge in [0.25, 0.3) is 0 Å². The lowest BCUT2D eigenvalue weighted by Crippen LogP contribution is -2.29. The van der Waals surface area contributed by atoms with Crippen molar-refractivity contribution in [3.05, 3.63) is 0 Å². The molecule has 0 saturated carbocycles. The lowest BCUT2D eigenvalue weighted by Gasteiger charge is -2.04. The van der Waals surface area contributed by atoms with E-state index in [1.807, 2.05) is 0 Å². The van der Waals surface area contributed by atoms with E-state index >= 15 is 0 Å². The van der Waals surface area contributed by atoms with Gasteiger partial charge < -0.3 is 11.1 Å². The van der Waals surface area contributed by atoms with Crippen molar-refractivity contribution < 1.29 is 0 Å². The van der Waals surface area contributed by atoms with Crippen molar-refractivity contribution >= 4 is 17.2 Å². The Labute approximate surface area is 61.8 Å². The highest BCUT2D eigenvalue weighted by Crippen LogP contribution is 1.85. The summed E-state index contributed by atoms with van der Waals surface area (Å²) in [6.45, 7) is 5.93. The molecule has 0 spiro atoms. The second kappa shape index (κ2) is 4.70. The molecule has 0 radical (unpaired) electrons. The Hall–Kier alpha value is -0.150. The van der Waals surface area contributed by atoms with Crippen molar-refractivity contribution in [2.45, 2.75) is 13.8 Å². The third kappa shape index (κ3) is 7.85. The molecule has 0 atom stereocenters. The Morgan fingerprint density at radius 3 is 2.56 bits per heavy atom. The van der Waals surface area contributed by atoms with E-state index in [0.717, 1.165) is 6.54 Å². The van der Waals surface area contributed by atoms with Crippen molar-refractivity contribution in [1.82, 2.24) is 5.32 Å². The molecule has 0 aliphatic carbocycles. The van der Waals surface area contributed by atoms with Gasteiger partial charge in [-0.2, -0.15) is 0 Å². The molecular formula is C6H14N2S. The average Bonchev–Trinajstić information content (AvgIpc) is 1.63. The maximum Gasteiger partial charge on any atom is 0.0867 e. The second-order valence-corrected chi connectivity index (χ2v) is 3.02. The lowest BCUT2D eigenvalue weighted by molar-refractivity contribution is 0.583. The van der Waals surface area contributed by atoms with E-state index in [-0.39, 0.29) is 0 Å². The van der Waals surface area contributed by atoms with Gasteiger partial charge in [0.2, 0.25) is 0 Å². The minimum Gasteiger partial charge on any atom is -0.392 e. The Balaban J connectivity index is 3.01. The van der Waals surface area contributed by atoms with Crippen LogP contribution in [0.5, 0.6) is 0 Å². The zero-order chi connectivity index (χ0) is 7.28. The molecule has 0 aromatic heterocycles. The molecule has 9 heavy (non-hydrogen) atoms. The average molecular weight is 146 g/mol. The molecule has 3 heteroatoms. The van der Waals surface area contributed by atoms with Crippen LogP contribution >= 0.6 is 12.2 Å². The van der Waals surface area contributed by atoms with Crippen LogP contribution in [-0.4, -0.2) is 18.1 Å². The molecule has 0 amide bonds. The van der Waals surface area contributed by atoms with Gasteiger partial charge in [-0.25, -0.2) is 0 Å². The molecule has 0 rings (SSSR count). The SMILES string of the molecule is CC(C)CNCC(N)=S. The Morgan fingerprint density at radius 2 is 2.22 bits per heavy atom. The van der Waals surface area contributed by atoms with Crippen molar-refractivity contribution in [1.29, 1.82) is 0 Å². The van der Waals surface area contributed by atoms with Crippen LogP contribution in [0.2, 0.25) is 0 Å². The number of nitrogens with two attached hydrogens (primary N) is 1. The standard InChI is InChI=1S/C6H14N2S/c1-5(2)3-8-4-6(7)9/h5,8H,3-4H2,1-2H3,(H2,7,9). The molecule has 0 aromatic rings. The monoisotopic (exact) mass is 146 g/mol. The summed E-state index contributed by atoms with van der Waals surface area (Å²) in [6, 6.07) is 0. The summed E-state index contributed by atoms with van der Waals surface area (Å²) in [4.78, 5) is 0.538. The fraction of sp³-hybridized carbons (Fsp3) is 0.833. The van der Waals surface area contributed by atoms with E-state index in [1.165, 1.54) is 0 Å². The number of nitrogens with one attached hydrogen (secondary N) is 1. The summed E-state index contributed by atoms with van der Waals surface area (Å²) in [7, 11) is 0. The van der Waals surface area contributed by atoms with E-state index in [2.05, 4.69) is 31.4 Å². The molecule has 3 N–H and O–H groups in total. The predicted molar refractivity (Wildman–Crippen MR) is 44.5 cm³/mol. The number of thiocarbonyl (C=S) groups is 1. The normalized spacial score (nSPS) is 10.1. The van der Waals surface area contributed by atoms with Crippen LogP contribution in [0.25, 0.3) is 0 Å². The molecule has 0 aliphatic rings. The zero-order valence-electron chi connectivity index (χ0n) is 5.98. The van der Waals surface area contributed by atoms with Crippen LogP contribution in [-0.2, 0) is 0 Å². The number of hydrogen-bond donors (Lipinski definition) is 2. The zero-order valence-corrected chi connectivity index (χ0v) is 6.79. The maximum absolute atomic E-state index is 5.25. The summed E-state index contributed by atoms with van der Waals surface area (Å²) >= 11 is 4.66. The molecule has 0 aliphatic heterocycles. The summed E-state index contributed by atoms with van der Waals surface area (Å²) in [5.41, 5.74) is 5.25. The molecule has 2 nitrogen and oxygen atoms in total. The summed E-state index contributed by atoms with van der Waals surface area (Å²) < 4.78 is 0. The molecule has 54 valence electrons. The summed E-state index contributed by atoms with van der Waals surface area (Å²) in [5, 5.41) is 3.12. The van der Waals surface area contributed by atoms with Crippen LogP contribution in [0.15, 0.2) is 0 Å². The van der Waals surface area contributed by atoms with Gasteiger partial charge in [-0.1, -0.05) is 26.1 Å². The third-order valence-corrected chi connectivity index (χ3v) is 0.996. The highest BCUT2D eigenvalue weighted by atomic mass is 32.1. The summed E-state index contributed by atoms with van der Waals surface area (Å²) in [5.74, 6) is 0.666. The predicted octanol–water partition coefficient (Wildman–Crippen LogP) is 0.518. The minimum atomic E-state index is 0.538. The summed E-state index contributed by atoms with van der Waals surface area (Å²) in [6.07, 6.45) is 0. The van der Waals surface area contributed by atoms with E-state index in [9.17, 15) is 0 Å². The van der Waals surface area contributed by atoms with Gasteiger partial charge in [0.15, 0.2) is 0 Å². The Kier molecular flexibility index (Phi) is 4.62. The van der Waals surface area contributed by atoms with Gasteiger partial charge in [-0.05, 0) is 12.5 Å². The third-order valence-electron chi connectivity index (χ3n) is 0.852. The molecular weight excluding hydrogens is 132 g/mol. The fourth-order valence-corrected chi connectivity index (χ4v) is 0.586. The molecule has 0 fully saturated rings. The van der Waals surface area contributed by atoms with Crippen LogP contribution in [0.3, 0.4) is 0 Å². The van der Waals surface area contributed by atoms with E-state index in [4.69, 9.17) is 5.73 Å². The lowest BCUT2D eigenvalue weighted by atomic mass is 10.2. The first-order valence-corrected chi connectivity index (χ1v) is 3.52. The highest BCUT2D eigenvalue weighted by molar-refractivity contribution is 7.80. The van der Waals surface area contributed by atoms with Crippen molar-refractivity contribution in [3.63, 3.8) is 0 Å². The van der Waals surface area contributed by atoms with E-state index in [0.29, 0.717) is 17.5 Å². The topological polar surface area (TPSA) is 38.0 Å². The number of hydrogen-bond acceptors (Lipinski definition) is 2. The highest BCUT2D eigenvalue weighted by Gasteiger charge is 1.91. The van der Waals surface area contributed by atoms with Gasteiger partial charge >= 0.3 is 0 Å². The molecule has 0 bridgehead atoms. The molecule has 0 unspecified atom stereocenters. The van der Waals surface area contributed by atoms with Crippen molar-refractivity contribution in [2.75, 3.05) is 13.1 Å². The van der Waals surface area contributed by atoms with Crippen LogP contribution < -0.4 is 11.1 Å². The maximum atomic E-state index is 5.25. The molecule has 0 aromatic carbocycles. The first-order valence-electron chi connectivity index (χ1n) is 3.12. The van der Waals surface area contributed by atoms with Crippen LogP contribution in [0.1, 0.15) is 13.8 Å². The van der Waals surface area contributed by atoms with E-state index < -0.39 is 0 Å². The minimum absolute atomic E-state index is 0.538. The van der Waals surface area contributed by atoms with Crippen molar-refractivity contribution in [3.8, 4) is 0 Å². The van der Waals surface area contributed by atoms with Crippen LogP contribution in [0.4, 0.5) is 0 Å². The van der Waals surface area contributed by atoms with Gasteiger partial charge in [0, 0.05) is 6.54 Å². The first-order chi connectivity index (χ1) is 4.13. The quantitative estimate of drug-likeness (QED) is 0.568. The molecule has 0 heterocycles. The Bertz CT molecular complexity index is 91.1. The van der Waals surface area contributed by atoms with Gasteiger partial charge in [-0.3, -0.25) is 0 Å². The molecule has 0 saturated heterocycles. The second-order valence-electron chi connectivity index (χ2n) is 2.49. The van der Waals surface area contributed by atoms with Crippen molar-refractivity contribution in [2.24, 2.45) is 11.7 Å². The number of rotatable bonds is 4. The van der Waals surface area contributed by atoms with E-state index in [1.54, 1.807) is 0 Å². The van der Waals surface area contributed by atoms with Gasteiger partial charge in [-0.15, -0.1) is 0 Å². The van der Waals surface area contributed by atoms with Gasteiger partial charge in [0.05, 0.1) is 4.99 Å². The smallest absolute Gasteiger partial charge is 0.0867 e. The van der Waals surface area contributed by atoms with Gasteiger partial charge in [0.1, 0.15) is 0 Å². The largest absolute Gasteiger partial charge is 0.392 e. The Morgan fingerprint density at radius 1 is 1.67 bits per heavy atom. The fourth-order valence-electron chi connectivity index (χ4n) is 0.484. The first kappa shape index (κ1) is 8.85. The van der Waals surface area contributed by atoms with Crippen LogP contribution in [0, 0.1) is 5.92 Å².